The minimum atomic E-state index is -1.11. The Hall–Kier alpha value is -2.34. The zero-order chi connectivity index (χ0) is 15.4. The van der Waals surface area contributed by atoms with Gasteiger partial charge in [-0.2, -0.15) is 0 Å². The Morgan fingerprint density at radius 2 is 2.19 bits per heavy atom. The molecule has 21 heavy (non-hydrogen) atoms. The number of hydrogen-bond acceptors (Lipinski definition) is 4. The molecule has 0 spiro atoms. The van der Waals surface area contributed by atoms with Crippen molar-refractivity contribution in [1.82, 2.24) is 5.32 Å². The third-order valence-corrected chi connectivity index (χ3v) is 3.13. The summed E-state index contributed by atoms with van der Waals surface area (Å²) in [7, 11) is 1.41. The second kappa shape index (κ2) is 6.41. The fourth-order valence-corrected chi connectivity index (χ4v) is 1.91. The van der Waals surface area contributed by atoms with E-state index in [9.17, 15) is 9.18 Å². The summed E-state index contributed by atoms with van der Waals surface area (Å²) < 4.78 is 23.6. The summed E-state index contributed by atoms with van der Waals surface area (Å²) in [6.45, 7) is 2.23. The van der Waals surface area contributed by atoms with Crippen molar-refractivity contribution in [3.8, 4) is 5.75 Å². The first-order valence-corrected chi connectivity index (χ1v) is 6.40. The maximum Gasteiger partial charge on any atom is 0.371 e. The Morgan fingerprint density at radius 3 is 2.76 bits per heavy atom. The van der Waals surface area contributed by atoms with Crippen LogP contribution in [0.15, 0.2) is 34.7 Å². The maximum atomic E-state index is 13.6. The van der Waals surface area contributed by atoms with E-state index in [0.717, 1.165) is 5.56 Å². The van der Waals surface area contributed by atoms with Gasteiger partial charge in [0.15, 0.2) is 11.6 Å². The predicted octanol–water partition coefficient (Wildman–Crippen LogP) is 2.98. The predicted molar refractivity (Wildman–Crippen MR) is 73.9 cm³/mol. The fraction of sp³-hybridized carbons (Fsp3) is 0.267. The van der Waals surface area contributed by atoms with E-state index >= 15 is 0 Å². The van der Waals surface area contributed by atoms with Gasteiger partial charge in [0, 0.05) is 6.04 Å². The number of hydrogen-bond donors (Lipinski definition) is 2. The number of methoxy groups -OCH3 is 1. The smallest absolute Gasteiger partial charge is 0.371 e. The summed E-state index contributed by atoms with van der Waals surface area (Å²) >= 11 is 0. The molecule has 1 aromatic heterocycles. The van der Waals surface area contributed by atoms with Gasteiger partial charge in [-0.05, 0) is 36.8 Å². The normalized spacial score (nSPS) is 12.1. The summed E-state index contributed by atoms with van der Waals surface area (Å²) in [5.74, 6) is -0.924. The molecule has 0 saturated carbocycles. The zero-order valence-corrected chi connectivity index (χ0v) is 11.7. The molecule has 0 amide bonds. The van der Waals surface area contributed by atoms with E-state index in [2.05, 4.69) is 5.32 Å². The van der Waals surface area contributed by atoms with Crippen molar-refractivity contribution in [3.63, 3.8) is 0 Å². The Bertz CT molecular complexity index is 638. The fourth-order valence-electron chi connectivity index (χ4n) is 1.91. The Labute approximate surface area is 121 Å². The van der Waals surface area contributed by atoms with Crippen LogP contribution < -0.4 is 10.1 Å². The molecule has 1 heterocycles. The highest BCUT2D eigenvalue weighted by Gasteiger charge is 2.12. The van der Waals surface area contributed by atoms with Gasteiger partial charge in [0.2, 0.25) is 5.76 Å². The van der Waals surface area contributed by atoms with E-state index in [0.29, 0.717) is 12.3 Å². The van der Waals surface area contributed by atoms with Gasteiger partial charge in [0.25, 0.3) is 0 Å². The first-order valence-electron chi connectivity index (χ1n) is 6.40. The van der Waals surface area contributed by atoms with E-state index in [-0.39, 0.29) is 17.6 Å². The Kier molecular flexibility index (Phi) is 4.59. The molecule has 112 valence electrons. The number of halogens is 1. The van der Waals surface area contributed by atoms with E-state index in [1.54, 1.807) is 18.2 Å². The second-order valence-corrected chi connectivity index (χ2v) is 4.57. The number of carbonyl (C=O) groups is 1. The van der Waals surface area contributed by atoms with E-state index < -0.39 is 11.8 Å². The van der Waals surface area contributed by atoms with Gasteiger partial charge in [0.1, 0.15) is 5.76 Å². The topological polar surface area (TPSA) is 71.7 Å². The first kappa shape index (κ1) is 15.1. The zero-order valence-electron chi connectivity index (χ0n) is 11.7. The highest BCUT2D eigenvalue weighted by Crippen LogP contribution is 2.22. The number of carboxylic acids is 1. The van der Waals surface area contributed by atoms with Crippen LogP contribution in [0.25, 0.3) is 0 Å². The van der Waals surface area contributed by atoms with Gasteiger partial charge < -0.3 is 19.6 Å². The summed E-state index contributed by atoms with van der Waals surface area (Å²) in [4.78, 5) is 10.7. The van der Waals surface area contributed by atoms with Crippen molar-refractivity contribution >= 4 is 5.97 Å². The molecular weight excluding hydrogens is 277 g/mol. The van der Waals surface area contributed by atoms with E-state index in [4.69, 9.17) is 14.3 Å². The van der Waals surface area contributed by atoms with Gasteiger partial charge in [-0.1, -0.05) is 6.07 Å². The SMILES string of the molecule is COc1ccc(C(C)NCc2ccc(C(=O)O)o2)cc1F. The molecule has 1 unspecified atom stereocenters. The summed E-state index contributed by atoms with van der Waals surface area (Å²) in [6.07, 6.45) is 0. The average molecular weight is 293 g/mol. The van der Waals surface area contributed by atoms with Crippen LogP contribution in [-0.2, 0) is 6.54 Å². The van der Waals surface area contributed by atoms with Gasteiger partial charge in [0.05, 0.1) is 13.7 Å². The minimum Gasteiger partial charge on any atom is -0.494 e. The van der Waals surface area contributed by atoms with Gasteiger partial charge in [-0.3, -0.25) is 0 Å². The third-order valence-electron chi connectivity index (χ3n) is 3.13. The van der Waals surface area contributed by atoms with Crippen LogP contribution in [0, 0.1) is 5.82 Å². The van der Waals surface area contributed by atoms with Gasteiger partial charge >= 0.3 is 5.97 Å². The summed E-state index contributed by atoms with van der Waals surface area (Å²) in [5, 5.41) is 11.9. The molecule has 0 fully saturated rings. The van der Waals surface area contributed by atoms with Crippen molar-refractivity contribution in [2.75, 3.05) is 7.11 Å². The van der Waals surface area contributed by atoms with Gasteiger partial charge in [-0.15, -0.1) is 0 Å². The molecule has 2 rings (SSSR count). The van der Waals surface area contributed by atoms with Crippen LogP contribution in [0.4, 0.5) is 4.39 Å². The van der Waals surface area contributed by atoms with Gasteiger partial charge in [-0.25, -0.2) is 9.18 Å². The molecule has 0 saturated heterocycles. The summed E-state index contributed by atoms with van der Waals surface area (Å²) in [6, 6.07) is 7.61. The highest BCUT2D eigenvalue weighted by atomic mass is 19.1. The van der Waals surface area contributed by atoms with Crippen LogP contribution in [0.2, 0.25) is 0 Å². The molecule has 0 bridgehead atoms. The molecule has 1 aromatic carbocycles. The largest absolute Gasteiger partial charge is 0.494 e. The molecule has 0 aliphatic carbocycles. The second-order valence-electron chi connectivity index (χ2n) is 4.57. The van der Waals surface area contributed by atoms with Crippen LogP contribution in [0.5, 0.6) is 5.75 Å². The van der Waals surface area contributed by atoms with Crippen LogP contribution >= 0.6 is 0 Å². The number of nitrogens with one attached hydrogen (secondary N) is 1. The summed E-state index contributed by atoms with van der Waals surface area (Å²) in [5.41, 5.74) is 0.762. The van der Waals surface area contributed by atoms with Crippen molar-refractivity contribution in [2.24, 2.45) is 0 Å². The lowest BCUT2D eigenvalue weighted by Crippen LogP contribution is -2.18. The Balaban J connectivity index is 1.99. The average Bonchev–Trinajstić information content (AvgIpc) is 2.93. The molecule has 2 aromatic rings. The number of ether oxygens (including phenoxy) is 1. The van der Waals surface area contributed by atoms with E-state index in [1.165, 1.54) is 19.2 Å². The van der Waals surface area contributed by atoms with Crippen LogP contribution in [0.1, 0.15) is 34.8 Å². The number of aromatic carboxylic acids is 1. The first-order chi connectivity index (χ1) is 10.0. The third kappa shape index (κ3) is 3.61. The lowest BCUT2D eigenvalue weighted by Gasteiger charge is -2.14. The quantitative estimate of drug-likeness (QED) is 0.856. The molecule has 0 aliphatic rings. The van der Waals surface area contributed by atoms with Crippen molar-refractivity contribution in [3.05, 3.63) is 53.2 Å². The molecule has 1 atom stereocenters. The lowest BCUT2D eigenvalue weighted by molar-refractivity contribution is 0.0660. The molecule has 0 aliphatic heterocycles. The molecule has 6 heteroatoms. The minimum absolute atomic E-state index is 0.102. The van der Waals surface area contributed by atoms with Crippen molar-refractivity contribution < 1.29 is 23.4 Å². The van der Waals surface area contributed by atoms with E-state index in [1.807, 2.05) is 6.92 Å². The monoisotopic (exact) mass is 293 g/mol. The highest BCUT2D eigenvalue weighted by molar-refractivity contribution is 5.84. The molecule has 2 N–H and O–H groups in total. The standard InChI is InChI=1S/C15H16FNO4/c1-9(10-3-5-13(20-2)12(16)7-10)17-8-11-4-6-14(21-11)15(18)19/h3-7,9,17H,8H2,1-2H3,(H,18,19). The molecular formula is C15H16FNO4. The van der Waals surface area contributed by atoms with Crippen molar-refractivity contribution in [1.29, 1.82) is 0 Å². The maximum absolute atomic E-state index is 13.6. The molecule has 5 nitrogen and oxygen atoms in total. The van der Waals surface area contributed by atoms with Crippen LogP contribution in [0.3, 0.4) is 0 Å². The van der Waals surface area contributed by atoms with Crippen molar-refractivity contribution in [2.45, 2.75) is 19.5 Å². The number of rotatable bonds is 6. The number of furan rings is 1. The Morgan fingerprint density at radius 1 is 1.43 bits per heavy atom. The van der Waals surface area contributed by atoms with Crippen LogP contribution in [-0.4, -0.2) is 18.2 Å². The number of carboxylic acid groups (broad SMARTS) is 1. The molecule has 0 radical (unpaired) electrons. The number of benzene rings is 1. The lowest BCUT2D eigenvalue weighted by atomic mass is 10.1.